The first-order chi connectivity index (χ1) is 19.6. The minimum atomic E-state index is -10.4. The van der Waals surface area contributed by atoms with Crippen LogP contribution in [0.5, 0.6) is 0 Å². The van der Waals surface area contributed by atoms with Crippen LogP contribution in [-0.2, 0) is 3.07 Å². The van der Waals surface area contributed by atoms with E-state index in [1.165, 1.54) is 0 Å². The van der Waals surface area contributed by atoms with E-state index in [9.17, 15) is 79.0 Å². The van der Waals surface area contributed by atoms with Crippen LogP contribution in [0.3, 0.4) is 0 Å². The maximum absolute atomic E-state index is 15.2. The zero-order valence-electron chi connectivity index (χ0n) is 22.0. The third-order valence-corrected chi connectivity index (χ3v) is 18.3. The summed E-state index contributed by atoms with van der Waals surface area (Å²) >= 11 is -10.4. The summed E-state index contributed by atoms with van der Waals surface area (Å²) in [6, 6.07) is 0. The van der Waals surface area contributed by atoms with Gasteiger partial charge in [0.15, 0.2) is 0 Å². The Morgan fingerprint density at radius 2 is 0.659 bits per heavy atom. The van der Waals surface area contributed by atoms with Gasteiger partial charge < -0.3 is 0 Å². The number of halogens is 21. The molecule has 0 N–H and O–H groups in total. The van der Waals surface area contributed by atoms with Crippen LogP contribution in [0.25, 0.3) is 0 Å². The third kappa shape index (κ3) is 8.04. The fourth-order valence-corrected chi connectivity index (χ4v) is 15.1. The summed E-state index contributed by atoms with van der Waals surface area (Å²) in [5.41, 5.74) is 0. The van der Waals surface area contributed by atoms with Crippen LogP contribution >= 0.6 is 0 Å². The predicted molar refractivity (Wildman–Crippen MR) is 112 cm³/mol. The molecule has 0 aromatic carbocycles. The van der Waals surface area contributed by atoms with Crippen molar-refractivity contribution in [3.63, 3.8) is 0 Å². The van der Waals surface area contributed by atoms with Gasteiger partial charge in [0.05, 0.1) is 0 Å². The van der Waals surface area contributed by atoms with Crippen LogP contribution < -0.4 is 0 Å². The molecule has 0 aliphatic carbocycles. The van der Waals surface area contributed by atoms with Crippen LogP contribution in [0.2, 0.25) is 0 Å². The zero-order chi connectivity index (χ0) is 35.3. The van der Waals surface area contributed by atoms with Crippen LogP contribution in [0.1, 0.15) is 51.9 Å². The van der Waals surface area contributed by atoms with E-state index in [4.69, 9.17) is 0 Å². The second-order valence-electron chi connectivity index (χ2n) is 9.55. The van der Waals surface area contributed by atoms with E-state index in [2.05, 4.69) is 3.07 Å². The van der Waals surface area contributed by atoms with Crippen molar-refractivity contribution in [2.45, 2.75) is 119 Å². The molecular formula is C21H25F21OSn. The number of hydrogen-bond acceptors (Lipinski definition) is 1. The van der Waals surface area contributed by atoms with Crippen LogP contribution in [0.15, 0.2) is 0 Å². The van der Waals surface area contributed by atoms with Gasteiger partial charge in [-0.2, -0.15) is 0 Å². The van der Waals surface area contributed by atoms with Gasteiger partial charge in [-0.3, -0.25) is 0 Å². The van der Waals surface area contributed by atoms with Gasteiger partial charge in [-0.25, -0.2) is 0 Å². The Hall–Kier alpha value is -0.711. The maximum atomic E-state index is 15.2. The fourth-order valence-electron chi connectivity index (χ4n) is 3.71. The molecule has 1 nitrogen and oxygen atoms in total. The van der Waals surface area contributed by atoms with Crippen LogP contribution in [0, 0.1) is 0 Å². The first-order valence-corrected chi connectivity index (χ1v) is 18.4. The average molecular weight is 811 g/mol. The predicted octanol–water partition coefficient (Wildman–Crippen LogP) is 9.94. The molecule has 0 bridgehead atoms. The van der Waals surface area contributed by atoms with Gasteiger partial charge in [-0.1, -0.05) is 0 Å². The topological polar surface area (TPSA) is 9.23 Å². The van der Waals surface area contributed by atoms with Gasteiger partial charge in [0, 0.05) is 0 Å². The Bertz CT molecular complexity index is 774. The van der Waals surface area contributed by atoms with Gasteiger partial charge in [0.1, 0.15) is 0 Å². The van der Waals surface area contributed by atoms with Crippen LogP contribution in [0.4, 0.5) is 92.2 Å². The molecule has 0 radical (unpaired) electrons. The molecule has 0 saturated heterocycles. The molecule has 0 fully saturated rings. The van der Waals surface area contributed by atoms with E-state index < -0.39 is 106 Å². The molecule has 0 aromatic heterocycles. The minimum absolute atomic E-state index is 0.0259. The molecule has 0 heterocycles. The summed E-state index contributed by atoms with van der Waals surface area (Å²) in [6.07, 6.45) is -17.2. The Balaban J connectivity index is 7.57. The molecule has 0 amide bonds. The molecule has 0 spiro atoms. The Morgan fingerprint density at radius 3 is 0.909 bits per heavy atom. The van der Waals surface area contributed by atoms with Crippen molar-refractivity contribution in [3.05, 3.63) is 0 Å². The first-order valence-electron chi connectivity index (χ1n) is 12.3. The van der Waals surface area contributed by atoms with Gasteiger partial charge in [0.2, 0.25) is 0 Å². The molecule has 44 heavy (non-hydrogen) atoms. The van der Waals surface area contributed by atoms with E-state index in [1.807, 2.05) is 0 Å². The van der Waals surface area contributed by atoms with Gasteiger partial charge in [-0.15, -0.1) is 0 Å². The molecule has 0 saturated carbocycles. The summed E-state index contributed by atoms with van der Waals surface area (Å²) in [5, 5.41) is 0. The van der Waals surface area contributed by atoms with Crippen molar-refractivity contribution in [1.29, 1.82) is 0 Å². The van der Waals surface area contributed by atoms with E-state index in [1.54, 1.807) is 6.92 Å². The van der Waals surface area contributed by atoms with Gasteiger partial charge >= 0.3 is 240 Å². The first kappa shape index (κ1) is 43.3. The number of unbranched alkanes of at least 4 members (excludes halogenated alkanes) is 6. The third-order valence-electron chi connectivity index (χ3n) is 6.40. The molecular weight excluding hydrogens is 786 g/mol. The summed E-state index contributed by atoms with van der Waals surface area (Å²) in [5.74, 6) is -44.8. The monoisotopic (exact) mass is 812 g/mol. The summed E-state index contributed by atoms with van der Waals surface area (Å²) < 4.78 is 274. The standard InChI is InChI=1S/C9H19O.3C4H2F7.Sn/c1-2-3-4-5-6-7-8-9-10;3*5-1-3(8,9)4(10,11)2(6)7;/h2-9H2,1H3;3*1-2H;/q-1;;;;+1. The molecule has 0 aliphatic heterocycles. The molecule has 266 valence electrons. The Morgan fingerprint density at radius 1 is 0.409 bits per heavy atom. The zero-order valence-corrected chi connectivity index (χ0v) is 24.8. The second kappa shape index (κ2) is 15.5. The molecule has 0 aromatic rings. The Labute approximate surface area is 240 Å². The molecule has 0 aliphatic rings. The molecule has 3 unspecified atom stereocenters. The van der Waals surface area contributed by atoms with E-state index in [0.29, 0.717) is 19.3 Å². The van der Waals surface area contributed by atoms with Gasteiger partial charge in [-0.05, 0) is 0 Å². The van der Waals surface area contributed by atoms with E-state index >= 15 is 13.2 Å². The molecule has 0 rings (SSSR count). The number of alkyl halides is 21. The quantitative estimate of drug-likeness (QED) is 0.0638. The van der Waals surface area contributed by atoms with Crippen molar-refractivity contribution in [2.75, 3.05) is 6.61 Å². The van der Waals surface area contributed by atoms with Crippen molar-refractivity contribution in [1.82, 2.24) is 0 Å². The summed E-state index contributed by atoms with van der Waals surface area (Å²) in [6.45, 7) is -0.337. The van der Waals surface area contributed by atoms with E-state index in [-0.39, 0.29) is 12.8 Å². The SMILES string of the molecule is CCCCCCCCC[O][Sn]([CH](F)C(F)(F)C(F)(F)C(F)F)([CH](F)C(F)(F)C(F)(F)C(F)F)[CH](F)C(F)(F)C(F)(F)C(F)F. The number of hydrogen-bond donors (Lipinski definition) is 0. The summed E-state index contributed by atoms with van der Waals surface area (Å²) in [7, 11) is 0. The van der Waals surface area contributed by atoms with Crippen molar-refractivity contribution >= 4 is 18.8 Å². The fraction of sp³-hybridized carbons (Fsp3) is 1.00. The van der Waals surface area contributed by atoms with Crippen molar-refractivity contribution in [3.8, 4) is 0 Å². The normalized spacial score (nSPS) is 18.2. The van der Waals surface area contributed by atoms with Gasteiger partial charge in [0.25, 0.3) is 0 Å². The van der Waals surface area contributed by atoms with E-state index in [0.717, 1.165) is 0 Å². The van der Waals surface area contributed by atoms with Crippen molar-refractivity contribution < 1.29 is 95.3 Å². The second-order valence-corrected chi connectivity index (χ2v) is 19.6. The number of rotatable bonds is 21. The van der Waals surface area contributed by atoms with Crippen LogP contribution in [-0.4, -0.2) is 92.8 Å². The van der Waals surface area contributed by atoms with Crippen molar-refractivity contribution in [2.24, 2.45) is 0 Å². The molecule has 23 heteroatoms. The Kier molecular flexibility index (Phi) is 15.2. The average Bonchev–Trinajstić information content (AvgIpc) is 2.90. The summed E-state index contributed by atoms with van der Waals surface area (Å²) in [4.78, 5) is 0. The molecule has 3 atom stereocenters.